The predicted octanol–water partition coefficient (Wildman–Crippen LogP) is 2.98. The Hall–Kier alpha value is -1.77. The van der Waals surface area contributed by atoms with E-state index in [-0.39, 0.29) is 5.91 Å². The molecule has 1 aliphatic heterocycles. The summed E-state index contributed by atoms with van der Waals surface area (Å²) >= 11 is 0. The molecule has 3 nitrogen and oxygen atoms in total. The minimum atomic E-state index is 0.0423. The molecule has 1 unspecified atom stereocenters. The largest absolute Gasteiger partial charge is 0.496 e. The van der Waals surface area contributed by atoms with Gasteiger partial charge in [-0.05, 0) is 42.9 Å². The standard InChI is InChI=1S/C16H21NO2/c1-3-16(18)17-11-6-7-13(10-12-17)14-8-4-5-9-15(14)19-2/h3-5,8-9,13H,1,6-7,10-12H2,2H3. The average Bonchev–Trinajstić information content (AvgIpc) is 2.72. The first-order valence-electron chi connectivity index (χ1n) is 6.80. The highest BCUT2D eigenvalue weighted by molar-refractivity contribution is 5.86. The predicted molar refractivity (Wildman–Crippen MR) is 76.4 cm³/mol. The number of para-hydroxylation sites is 1. The first-order valence-corrected chi connectivity index (χ1v) is 6.80. The Morgan fingerprint density at radius 1 is 1.37 bits per heavy atom. The number of ether oxygens (including phenoxy) is 1. The number of benzene rings is 1. The molecule has 0 radical (unpaired) electrons. The molecule has 19 heavy (non-hydrogen) atoms. The van der Waals surface area contributed by atoms with Crippen LogP contribution in [0.2, 0.25) is 0 Å². The molecule has 0 saturated carbocycles. The van der Waals surface area contributed by atoms with E-state index in [0.717, 1.165) is 38.1 Å². The number of carbonyl (C=O) groups excluding carboxylic acids is 1. The molecular weight excluding hydrogens is 238 g/mol. The van der Waals surface area contributed by atoms with E-state index in [4.69, 9.17) is 4.74 Å². The summed E-state index contributed by atoms with van der Waals surface area (Å²) in [6.07, 6.45) is 4.52. The molecule has 3 heteroatoms. The third-order valence-corrected chi connectivity index (χ3v) is 3.79. The molecule has 1 fully saturated rings. The van der Waals surface area contributed by atoms with Crippen molar-refractivity contribution in [3.05, 3.63) is 42.5 Å². The van der Waals surface area contributed by atoms with Crippen molar-refractivity contribution in [2.75, 3.05) is 20.2 Å². The lowest BCUT2D eigenvalue weighted by Crippen LogP contribution is -2.30. The number of likely N-dealkylation sites (tertiary alicyclic amines) is 1. The zero-order valence-electron chi connectivity index (χ0n) is 11.5. The topological polar surface area (TPSA) is 29.5 Å². The van der Waals surface area contributed by atoms with Crippen molar-refractivity contribution in [3.63, 3.8) is 0 Å². The summed E-state index contributed by atoms with van der Waals surface area (Å²) in [5, 5.41) is 0. The summed E-state index contributed by atoms with van der Waals surface area (Å²) < 4.78 is 5.44. The van der Waals surface area contributed by atoms with Crippen molar-refractivity contribution in [2.24, 2.45) is 0 Å². The summed E-state index contributed by atoms with van der Waals surface area (Å²) in [6.45, 7) is 5.19. The highest BCUT2D eigenvalue weighted by Crippen LogP contribution is 2.33. The summed E-state index contributed by atoms with van der Waals surface area (Å²) in [5.74, 6) is 1.47. The Labute approximate surface area is 114 Å². The van der Waals surface area contributed by atoms with Crippen LogP contribution in [0.4, 0.5) is 0 Å². The molecule has 0 N–H and O–H groups in total. The number of hydrogen-bond acceptors (Lipinski definition) is 2. The average molecular weight is 259 g/mol. The lowest BCUT2D eigenvalue weighted by atomic mass is 9.91. The van der Waals surface area contributed by atoms with Gasteiger partial charge in [-0.3, -0.25) is 4.79 Å². The summed E-state index contributed by atoms with van der Waals surface area (Å²) in [7, 11) is 1.71. The Bertz CT molecular complexity index is 456. The van der Waals surface area contributed by atoms with Crippen LogP contribution in [0.3, 0.4) is 0 Å². The third-order valence-electron chi connectivity index (χ3n) is 3.79. The fourth-order valence-electron chi connectivity index (χ4n) is 2.76. The van der Waals surface area contributed by atoms with Crippen LogP contribution in [0.5, 0.6) is 5.75 Å². The minimum Gasteiger partial charge on any atom is -0.496 e. The van der Waals surface area contributed by atoms with Crippen molar-refractivity contribution in [3.8, 4) is 5.75 Å². The number of nitrogens with zero attached hydrogens (tertiary/aromatic N) is 1. The molecule has 0 aromatic heterocycles. The molecule has 1 aliphatic rings. The van der Waals surface area contributed by atoms with E-state index in [2.05, 4.69) is 18.7 Å². The molecule has 0 aliphatic carbocycles. The Morgan fingerprint density at radius 3 is 2.89 bits per heavy atom. The normalized spacial score (nSPS) is 19.6. The summed E-state index contributed by atoms with van der Waals surface area (Å²) in [4.78, 5) is 13.6. The van der Waals surface area contributed by atoms with Gasteiger partial charge in [0.2, 0.25) is 5.91 Å². The fourth-order valence-corrected chi connectivity index (χ4v) is 2.76. The zero-order valence-corrected chi connectivity index (χ0v) is 11.5. The van der Waals surface area contributed by atoms with Crippen LogP contribution in [0.25, 0.3) is 0 Å². The van der Waals surface area contributed by atoms with Gasteiger partial charge in [0.15, 0.2) is 0 Å². The Kier molecular flexibility index (Phi) is 4.61. The van der Waals surface area contributed by atoms with E-state index in [1.807, 2.05) is 17.0 Å². The number of carbonyl (C=O) groups is 1. The Morgan fingerprint density at radius 2 is 2.16 bits per heavy atom. The van der Waals surface area contributed by atoms with Gasteiger partial charge in [-0.2, -0.15) is 0 Å². The monoisotopic (exact) mass is 259 g/mol. The first kappa shape index (κ1) is 13.7. The van der Waals surface area contributed by atoms with Crippen molar-refractivity contribution < 1.29 is 9.53 Å². The van der Waals surface area contributed by atoms with Gasteiger partial charge in [-0.1, -0.05) is 24.8 Å². The van der Waals surface area contributed by atoms with Gasteiger partial charge >= 0.3 is 0 Å². The van der Waals surface area contributed by atoms with Gasteiger partial charge in [0.05, 0.1) is 7.11 Å². The SMILES string of the molecule is C=CC(=O)N1CCCC(c2ccccc2OC)CC1. The molecule has 1 aromatic rings. The maximum absolute atomic E-state index is 11.7. The quantitative estimate of drug-likeness (QED) is 0.781. The van der Waals surface area contributed by atoms with Gasteiger partial charge in [0.25, 0.3) is 0 Å². The number of amides is 1. The van der Waals surface area contributed by atoms with Crippen LogP contribution in [0.15, 0.2) is 36.9 Å². The van der Waals surface area contributed by atoms with Crippen LogP contribution in [-0.2, 0) is 4.79 Å². The minimum absolute atomic E-state index is 0.0423. The van der Waals surface area contributed by atoms with Crippen LogP contribution in [-0.4, -0.2) is 31.0 Å². The molecule has 1 saturated heterocycles. The number of rotatable bonds is 3. The van der Waals surface area contributed by atoms with E-state index in [1.54, 1.807) is 7.11 Å². The highest BCUT2D eigenvalue weighted by Gasteiger charge is 2.22. The maximum Gasteiger partial charge on any atom is 0.245 e. The summed E-state index contributed by atoms with van der Waals surface area (Å²) in [6, 6.07) is 8.18. The molecule has 102 valence electrons. The lowest BCUT2D eigenvalue weighted by Gasteiger charge is -2.19. The molecule has 1 heterocycles. The molecular formula is C16H21NO2. The Balaban J connectivity index is 2.10. The number of methoxy groups -OCH3 is 1. The molecule has 1 amide bonds. The first-order chi connectivity index (χ1) is 9.26. The fraction of sp³-hybridized carbons (Fsp3) is 0.438. The molecule has 2 rings (SSSR count). The van der Waals surface area contributed by atoms with Gasteiger partial charge in [-0.15, -0.1) is 0 Å². The molecule has 1 atom stereocenters. The van der Waals surface area contributed by atoms with E-state index in [0.29, 0.717) is 5.92 Å². The lowest BCUT2D eigenvalue weighted by molar-refractivity contribution is -0.125. The van der Waals surface area contributed by atoms with E-state index >= 15 is 0 Å². The van der Waals surface area contributed by atoms with Gasteiger partial charge in [0, 0.05) is 13.1 Å². The maximum atomic E-state index is 11.7. The second-order valence-electron chi connectivity index (χ2n) is 4.90. The second-order valence-corrected chi connectivity index (χ2v) is 4.90. The van der Waals surface area contributed by atoms with E-state index < -0.39 is 0 Å². The summed E-state index contributed by atoms with van der Waals surface area (Å²) in [5.41, 5.74) is 1.26. The third kappa shape index (κ3) is 3.16. The number of hydrogen-bond donors (Lipinski definition) is 0. The van der Waals surface area contributed by atoms with Gasteiger partial charge in [0.1, 0.15) is 5.75 Å². The van der Waals surface area contributed by atoms with Crippen LogP contribution < -0.4 is 4.74 Å². The van der Waals surface area contributed by atoms with Gasteiger partial charge in [-0.25, -0.2) is 0 Å². The highest BCUT2D eigenvalue weighted by atomic mass is 16.5. The van der Waals surface area contributed by atoms with Crippen molar-refractivity contribution >= 4 is 5.91 Å². The second kappa shape index (κ2) is 6.41. The van der Waals surface area contributed by atoms with Gasteiger partial charge < -0.3 is 9.64 Å². The molecule has 1 aromatic carbocycles. The van der Waals surface area contributed by atoms with E-state index in [1.165, 1.54) is 11.6 Å². The zero-order chi connectivity index (χ0) is 13.7. The van der Waals surface area contributed by atoms with Crippen LogP contribution >= 0.6 is 0 Å². The van der Waals surface area contributed by atoms with E-state index in [9.17, 15) is 4.79 Å². The van der Waals surface area contributed by atoms with Crippen LogP contribution in [0, 0.1) is 0 Å². The molecule has 0 bridgehead atoms. The smallest absolute Gasteiger partial charge is 0.245 e. The van der Waals surface area contributed by atoms with Crippen molar-refractivity contribution in [1.29, 1.82) is 0 Å². The van der Waals surface area contributed by atoms with Crippen molar-refractivity contribution in [2.45, 2.75) is 25.2 Å². The van der Waals surface area contributed by atoms with Crippen molar-refractivity contribution in [1.82, 2.24) is 4.90 Å². The molecule has 0 spiro atoms. The van der Waals surface area contributed by atoms with Crippen LogP contribution in [0.1, 0.15) is 30.7 Å².